The molecule has 0 saturated heterocycles. The maximum Gasteiger partial charge on any atom is 0.234 e. The number of ether oxygens (including phenoxy) is 1. The van der Waals surface area contributed by atoms with Crippen molar-refractivity contribution in [3.8, 4) is 0 Å². The highest BCUT2D eigenvalue weighted by molar-refractivity contribution is 5.85. The molecule has 0 aromatic heterocycles. The summed E-state index contributed by atoms with van der Waals surface area (Å²) in [5.41, 5.74) is 1.15. The third-order valence-corrected chi connectivity index (χ3v) is 3.19. The van der Waals surface area contributed by atoms with Crippen LogP contribution in [0.3, 0.4) is 0 Å². The summed E-state index contributed by atoms with van der Waals surface area (Å²) >= 11 is 0. The number of nitrogens with one attached hydrogen (secondary N) is 2. The molecule has 0 aliphatic rings. The molecule has 1 amide bonds. The van der Waals surface area contributed by atoms with E-state index < -0.39 is 0 Å². The lowest BCUT2D eigenvalue weighted by atomic mass is 10.2. The Morgan fingerprint density at radius 2 is 1.91 bits per heavy atom. The highest BCUT2D eigenvalue weighted by Gasteiger charge is 2.10. The molecule has 0 bridgehead atoms. The number of nitrogens with zero attached hydrogens (tertiary/aromatic N) is 1. The van der Waals surface area contributed by atoms with Crippen LogP contribution in [0.15, 0.2) is 30.3 Å². The fraction of sp³-hybridized carbons (Fsp3) is 0.533. The van der Waals surface area contributed by atoms with Crippen LogP contribution < -0.4 is 15.5 Å². The van der Waals surface area contributed by atoms with Gasteiger partial charge in [-0.15, -0.1) is 24.8 Å². The second-order valence-electron chi connectivity index (χ2n) is 4.77. The van der Waals surface area contributed by atoms with Gasteiger partial charge in [0.15, 0.2) is 0 Å². The summed E-state index contributed by atoms with van der Waals surface area (Å²) in [6.45, 7) is 4.33. The lowest BCUT2D eigenvalue weighted by Crippen LogP contribution is -2.43. The molecule has 128 valence electrons. The van der Waals surface area contributed by atoms with Crippen LogP contribution in [0.2, 0.25) is 0 Å². The molecule has 0 saturated carbocycles. The largest absolute Gasteiger partial charge is 0.383 e. The monoisotopic (exact) mass is 351 g/mol. The van der Waals surface area contributed by atoms with Crippen molar-refractivity contribution in [1.82, 2.24) is 10.6 Å². The van der Waals surface area contributed by atoms with Gasteiger partial charge in [-0.05, 0) is 19.1 Å². The molecule has 0 radical (unpaired) electrons. The standard InChI is InChI=1S/C15H25N3O2.2ClH/c1-13(18(2)14-7-5-4-6-8-14)11-17-15(19)12-16-9-10-20-3;;/h4-8,13,16H,9-12H2,1-3H3,(H,17,19);2*1H. The Bertz CT molecular complexity index is 394. The maximum atomic E-state index is 11.6. The molecule has 0 heterocycles. The van der Waals surface area contributed by atoms with E-state index in [1.165, 1.54) is 0 Å². The first-order valence-electron chi connectivity index (χ1n) is 6.89. The molecule has 1 atom stereocenters. The molecule has 2 N–H and O–H groups in total. The highest BCUT2D eigenvalue weighted by atomic mass is 35.5. The third-order valence-electron chi connectivity index (χ3n) is 3.19. The minimum Gasteiger partial charge on any atom is -0.383 e. The van der Waals surface area contributed by atoms with Crippen LogP contribution in [0.25, 0.3) is 0 Å². The highest BCUT2D eigenvalue weighted by Crippen LogP contribution is 2.13. The van der Waals surface area contributed by atoms with E-state index in [1.54, 1.807) is 7.11 Å². The van der Waals surface area contributed by atoms with Gasteiger partial charge in [-0.1, -0.05) is 18.2 Å². The predicted octanol–water partition coefficient (Wildman–Crippen LogP) is 1.71. The average molecular weight is 352 g/mol. The van der Waals surface area contributed by atoms with Crippen LogP contribution in [0, 0.1) is 0 Å². The van der Waals surface area contributed by atoms with Gasteiger partial charge in [0.25, 0.3) is 0 Å². The normalized spacial score (nSPS) is 10.9. The molecular weight excluding hydrogens is 325 g/mol. The lowest BCUT2D eigenvalue weighted by Gasteiger charge is -2.27. The van der Waals surface area contributed by atoms with E-state index >= 15 is 0 Å². The van der Waals surface area contributed by atoms with E-state index in [4.69, 9.17) is 4.74 Å². The fourth-order valence-corrected chi connectivity index (χ4v) is 1.75. The van der Waals surface area contributed by atoms with E-state index in [0.29, 0.717) is 26.2 Å². The molecule has 5 nitrogen and oxygen atoms in total. The van der Waals surface area contributed by atoms with Gasteiger partial charge in [0.2, 0.25) is 5.91 Å². The Labute approximate surface area is 145 Å². The molecule has 0 aliphatic heterocycles. The van der Waals surface area contributed by atoms with Crippen molar-refractivity contribution in [2.24, 2.45) is 0 Å². The molecule has 22 heavy (non-hydrogen) atoms. The number of para-hydroxylation sites is 1. The smallest absolute Gasteiger partial charge is 0.234 e. The number of likely N-dealkylation sites (N-methyl/N-ethyl adjacent to an activating group) is 1. The number of hydrogen-bond donors (Lipinski definition) is 2. The van der Waals surface area contributed by atoms with Gasteiger partial charge in [0, 0.05) is 39.0 Å². The van der Waals surface area contributed by atoms with Crippen LogP contribution in [0.1, 0.15) is 6.92 Å². The van der Waals surface area contributed by atoms with Crippen molar-refractivity contribution in [2.45, 2.75) is 13.0 Å². The minimum absolute atomic E-state index is 0. The number of benzene rings is 1. The van der Waals surface area contributed by atoms with Gasteiger partial charge < -0.3 is 20.3 Å². The first kappa shape index (κ1) is 23.3. The Morgan fingerprint density at radius 1 is 1.27 bits per heavy atom. The van der Waals surface area contributed by atoms with E-state index in [-0.39, 0.29) is 36.8 Å². The van der Waals surface area contributed by atoms with Crippen LogP contribution >= 0.6 is 24.8 Å². The van der Waals surface area contributed by atoms with Crippen LogP contribution in [0.5, 0.6) is 0 Å². The summed E-state index contributed by atoms with van der Waals surface area (Å²) in [7, 11) is 3.67. The maximum absolute atomic E-state index is 11.6. The van der Waals surface area contributed by atoms with Crippen molar-refractivity contribution in [1.29, 1.82) is 0 Å². The summed E-state index contributed by atoms with van der Waals surface area (Å²) in [6.07, 6.45) is 0. The van der Waals surface area contributed by atoms with Crippen molar-refractivity contribution in [3.63, 3.8) is 0 Å². The second-order valence-corrected chi connectivity index (χ2v) is 4.77. The molecule has 1 unspecified atom stereocenters. The zero-order chi connectivity index (χ0) is 14.8. The third kappa shape index (κ3) is 9.10. The van der Waals surface area contributed by atoms with Gasteiger partial charge in [-0.25, -0.2) is 0 Å². The number of carbonyl (C=O) groups is 1. The van der Waals surface area contributed by atoms with Gasteiger partial charge >= 0.3 is 0 Å². The summed E-state index contributed by atoms with van der Waals surface area (Å²) in [4.78, 5) is 13.8. The van der Waals surface area contributed by atoms with Gasteiger partial charge in [0.05, 0.1) is 13.2 Å². The number of amides is 1. The number of halogens is 2. The number of hydrogen-bond acceptors (Lipinski definition) is 4. The van der Waals surface area contributed by atoms with Crippen LogP contribution in [0.4, 0.5) is 5.69 Å². The molecule has 0 spiro atoms. The van der Waals surface area contributed by atoms with Crippen LogP contribution in [-0.2, 0) is 9.53 Å². The lowest BCUT2D eigenvalue weighted by molar-refractivity contribution is -0.120. The van der Waals surface area contributed by atoms with Crippen molar-refractivity contribution in [2.75, 3.05) is 45.3 Å². The Morgan fingerprint density at radius 3 is 2.50 bits per heavy atom. The molecule has 0 fully saturated rings. The second kappa shape index (κ2) is 13.6. The first-order chi connectivity index (χ1) is 9.65. The number of anilines is 1. The molecule has 1 rings (SSSR count). The quantitative estimate of drug-likeness (QED) is 0.665. The first-order valence-corrected chi connectivity index (χ1v) is 6.89. The van der Waals surface area contributed by atoms with Crippen molar-refractivity contribution < 1.29 is 9.53 Å². The predicted molar refractivity (Wildman–Crippen MR) is 96.6 cm³/mol. The van der Waals surface area contributed by atoms with E-state index in [1.807, 2.05) is 25.2 Å². The topological polar surface area (TPSA) is 53.6 Å². The van der Waals surface area contributed by atoms with Crippen LogP contribution in [-0.4, -0.2) is 52.3 Å². The minimum atomic E-state index is 0. The summed E-state index contributed by atoms with van der Waals surface area (Å²) < 4.78 is 4.90. The van der Waals surface area contributed by atoms with Gasteiger partial charge in [0.1, 0.15) is 0 Å². The summed E-state index contributed by atoms with van der Waals surface area (Å²) in [6, 6.07) is 10.4. The Hall–Kier alpha value is -1.01. The zero-order valence-electron chi connectivity index (χ0n) is 13.4. The molecule has 0 aliphatic carbocycles. The van der Waals surface area contributed by atoms with Gasteiger partial charge in [-0.2, -0.15) is 0 Å². The Balaban J connectivity index is 0. The van der Waals surface area contributed by atoms with E-state index in [9.17, 15) is 4.79 Å². The van der Waals surface area contributed by atoms with E-state index in [2.05, 4.69) is 34.6 Å². The number of carbonyl (C=O) groups excluding carboxylic acids is 1. The Kier molecular flexibility index (Phi) is 14.4. The molecule has 1 aromatic carbocycles. The SMILES string of the molecule is COCCNCC(=O)NCC(C)N(C)c1ccccc1.Cl.Cl. The number of rotatable bonds is 9. The fourth-order valence-electron chi connectivity index (χ4n) is 1.75. The molecular formula is C15H27Cl2N3O2. The molecule has 1 aromatic rings. The average Bonchev–Trinajstić information content (AvgIpc) is 2.49. The summed E-state index contributed by atoms with van der Waals surface area (Å²) in [5, 5.41) is 5.95. The van der Waals surface area contributed by atoms with Crippen molar-refractivity contribution >= 4 is 36.4 Å². The van der Waals surface area contributed by atoms with Crippen molar-refractivity contribution in [3.05, 3.63) is 30.3 Å². The zero-order valence-corrected chi connectivity index (χ0v) is 15.0. The molecule has 7 heteroatoms. The number of methoxy groups -OCH3 is 1. The van der Waals surface area contributed by atoms with Gasteiger partial charge in [-0.3, -0.25) is 4.79 Å². The van der Waals surface area contributed by atoms with E-state index in [0.717, 1.165) is 5.69 Å². The summed E-state index contributed by atoms with van der Waals surface area (Å²) in [5.74, 6) is 0.00872.